The van der Waals surface area contributed by atoms with E-state index >= 15 is 0 Å². The Labute approximate surface area is 77.5 Å². The van der Waals surface area contributed by atoms with Gasteiger partial charge >= 0.3 is 0 Å². The number of nitrogens with one attached hydrogen (secondary N) is 1. The zero-order chi connectivity index (χ0) is 10.7. The fourth-order valence-corrected chi connectivity index (χ4v) is 0.268. The van der Waals surface area contributed by atoms with Gasteiger partial charge in [-0.05, 0) is 12.2 Å². The lowest BCUT2D eigenvalue weighted by atomic mass is 10.5. The number of hydrogen-bond acceptors (Lipinski definition) is 3. The average Bonchev–Trinajstić information content (AvgIpc) is 2.15. The van der Waals surface area contributed by atoms with Crippen LogP contribution in [0.15, 0.2) is 25.3 Å². The van der Waals surface area contributed by atoms with Crippen LogP contribution in [0.2, 0.25) is 0 Å². The summed E-state index contributed by atoms with van der Waals surface area (Å²) >= 11 is 0. The quantitative estimate of drug-likeness (QED) is 0.485. The first-order valence-corrected chi connectivity index (χ1v) is 3.60. The minimum atomic E-state index is -0.481. The summed E-state index contributed by atoms with van der Waals surface area (Å²) < 4.78 is 0. The van der Waals surface area contributed by atoms with Crippen LogP contribution in [-0.2, 0) is 9.59 Å². The summed E-state index contributed by atoms with van der Waals surface area (Å²) in [5.41, 5.74) is 9.62. The summed E-state index contributed by atoms with van der Waals surface area (Å²) in [4.78, 5) is 19.8. The van der Waals surface area contributed by atoms with Crippen LogP contribution in [0, 0.1) is 0 Å². The fraction of sp³-hybridized carbons (Fsp3) is 0.250. The molecule has 0 heterocycles. The molecule has 5 N–H and O–H groups in total. The lowest BCUT2D eigenvalue weighted by Gasteiger charge is -1.94. The van der Waals surface area contributed by atoms with Crippen molar-refractivity contribution in [2.45, 2.75) is 0 Å². The first-order valence-electron chi connectivity index (χ1n) is 3.60. The standard InChI is InChI=1S/C5H10N2O.C3H5NO/c1-2-5(8)7-4-3-6;1-2-3(4)5/h2H,1,3-4,6H2,(H,7,8);2H,1H2,(H2,4,5). The largest absolute Gasteiger partial charge is 0.366 e. The second-order valence-corrected chi connectivity index (χ2v) is 1.89. The van der Waals surface area contributed by atoms with E-state index in [1.807, 2.05) is 0 Å². The molecule has 13 heavy (non-hydrogen) atoms. The number of amides is 2. The molecule has 5 nitrogen and oxygen atoms in total. The van der Waals surface area contributed by atoms with Gasteiger partial charge < -0.3 is 16.8 Å². The van der Waals surface area contributed by atoms with Crippen molar-refractivity contribution < 1.29 is 9.59 Å². The molecule has 0 aromatic rings. The molecule has 0 spiro atoms. The summed E-state index contributed by atoms with van der Waals surface area (Å²) in [5, 5.41) is 2.50. The minimum Gasteiger partial charge on any atom is -0.366 e. The van der Waals surface area contributed by atoms with E-state index in [1.165, 1.54) is 6.08 Å². The molecule has 0 radical (unpaired) electrons. The van der Waals surface area contributed by atoms with Gasteiger partial charge in [0.25, 0.3) is 0 Å². The van der Waals surface area contributed by atoms with E-state index in [-0.39, 0.29) is 5.91 Å². The lowest BCUT2D eigenvalue weighted by molar-refractivity contribution is -0.116. The molecule has 0 aromatic heterocycles. The van der Waals surface area contributed by atoms with Gasteiger partial charge in [-0.15, -0.1) is 0 Å². The highest BCUT2D eigenvalue weighted by molar-refractivity contribution is 5.86. The van der Waals surface area contributed by atoms with Gasteiger partial charge in [-0.1, -0.05) is 13.2 Å². The lowest BCUT2D eigenvalue weighted by Crippen LogP contribution is -2.27. The molecule has 5 heteroatoms. The molecule has 0 fully saturated rings. The molecule has 0 bridgehead atoms. The Hall–Kier alpha value is -1.62. The van der Waals surface area contributed by atoms with Gasteiger partial charge in [-0.3, -0.25) is 9.59 Å². The number of rotatable bonds is 4. The van der Waals surface area contributed by atoms with Crippen molar-refractivity contribution >= 4 is 11.8 Å². The van der Waals surface area contributed by atoms with Crippen LogP contribution in [0.4, 0.5) is 0 Å². The Balaban J connectivity index is 0. The predicted octanol–water partition coefficient (Wildman–Crippen LogP) is -1.09. The molecular formula is C8H15N3O2. The Morgan fingerprint density at radius 2 is 1.77 bits per heavy atom. The molecule has 0 unspecified atom stereocenters. The summed E-state index contributed by atoms with van der Waals surface area (Å²) in [6.07, 6.45) is 2.27. The SMILES string of the molecule is C=CC(=O)NCCN.C=CC(N)=O. The summed E-state index contributed by atoms with van der Waals surface area (Å²) in [5.74, 6) is -0.652. The third-order valence-corrected chi connectivity index (χ3v) is 0.830. The zero-order valence-electron chi connectivity index (χ0n) is 7.45. The molecule has 0 saturated carbocycles. The molecule has 74 valence electrons. The topological polar surface area (TPSA) is 98.2 Å². The van der Waals surface area contributed by atoms with Gasteiger partial charge in [0.05, 0.1) is 0 Å². The van der Waals surface area contributed by atoms with Gasteiger partial charge in [0.15, 0.2) is 0 Å². The number of hydrogen-bond donors (Lipinski definition) is 3. The fourth-order valence-electron chi connectivity index (χ4n) is 0.268. The maximum absolute atomic E-state index is 10.3. The second kappa shape index (κ2) is 10.4. The molecule has 0 aliphatic heterocycles. The van der Waals surface area contributed by atoms with E-state index in [4.69, 9.17) is 5.73 Å². The Morgan fingerprint density at radius 1 is 1.31 bits per heavy atom. The molecule has 0 aromatic carbocycles. The number of carbonyl (C=O) groups excluding carboxylic acids is 2. The van der Waals surface area contributed by atoms with Crippen LogP contribution >= 0.6 is 0 Å². The number of carbonyl (C=O) groups is 2. The highest BCUT2D eigenvalue weighted by Crippen LogP contribution is 1.61. The monoisotopic (exact) mass is 185 g/mol. The smallest absolute Gasteiger partial charge is 0.243 e. The molecular weight excluding hydrogens is 170 g/mol. The average molecular weight is 185 g/mol. The highest BCUT2D eigenvalue weighted by atomic mass is 16.1. The van der Waals surface area contributed by atoms with E-state index < -0.39 is 5.91 Å². The van der Waals surface area contributed by atoms with Crippen LogP contribution in [0.5, 0.6) is 0 Å². The van der Waals surface area contributed by atoms with E-state index in [0.717, 1.165) is 6.08 Å². The Bertz CT molecular complexity index is 190. The van der Waals surface area contributed by atoms with Crippen LogP contribution in [0.1, 0.15) is 0 Å². The van der Waals surface area contributed by atoms with Gasteiger partial charge in [0.2, 0.25) is 11.8 Å². The van der Waals surface area contributed by atoms with Crippen molar-refractivity contribution in [1.82, 2.24) is 5.32 Å². The molecule has 0 rings (SSSR count). The van der Waals surface area contributed by atoms with Crippen LogP contribution in [-0.4, -0.2) is 24.9 Å². The maximum Gasteiger partial charge on any atom is 0.243 e. The van der Waals surface area contributed by atoms with Crippen LogP contribution in [0.25, 0.3) is 0 Å². The van der Waals surface area contributed by atoms with Gasteiger partial charge in [0, 0.05) is 13.1 Å². The van der Waals surface area contributed by atoms with Crippen molar-refractivity contribution in [3.05, 3.63) is 25.3 Å². The Morgan fingerprint density at radius 3 is 2.00 bits per heavy atom. The van der Waals surface area contributed by atoms with E-state index in [1.54, 1.807) is 0 Å². The number of nitrogens with two attached hydrogens (primary N) is 2. The minimum absolute atomic E-state index is 0.171. The number of primary amides is 1. The predicted molar refractivity (Wildman–Crippen MR) is 51.7 cm³/mol. The second-order valence-electron chi connectivity index (χ2n) is 1.89. The van der Waals surface area contributed by atoms with E-state index in [2.05, 4.69) is 24.2 Å². The molecule has 0 saturated heterocycles. The zero-order valence-corrected chi connectivity index (χ0v) is 7.45. The maximum atomic E-state index is 10.3. The first kappa shape index (κ1) is 13.9. The normalized spacial score (nSPS) is 7.46. The van der Waals surface area contributed by atoms with E-state index in [0.29, 0.717) is 13.1 Å². The molecule has 0 aliphatic carbocycles. The summed E-state index contributed by atoms with van der Waals surface area (Å²) in [6, 6.07) is 0. The summed E-state index contributed by atoms with van der Waals surface area (Å²) in [7, 11) is 0. The van der Waals surface area contributed by atoms with Gasteiger partial charge in [-0.2, -0.15) is 0 Å². The van der Waals surface area contributed by atoms with Crippen LogP contribution < -0.4 is 16.8 Å². The van der Waals surface area contributed by atoms with Crippen molar-refractivity contribution in [3.8, 4) is 0 Å². The van der Waals surface area contributed by atoms with Gasteiger partial charge in [0.1, 0.15) is 0 Å². The highest BCUT2D eigenvalue weighted by Gasteiger charge is 1.86. The molecule has 0 aliphatic rings. The van der Waals surface area contributed by atoms with Crippen molar-refractivity contribution in [2.75, 3.05) is 13.1 Å². The third kappa shape index (κ3) is 17.9. The Kier molecular flexibility index (Phi) is 11.1. The first-order chi connectivity index (χ1) is 6.08. The molecule has 0 atom stereocenters. The third-order valence-electron chi connectivity index (χ3n) is 0.830. The van der Waals surface area contributed by atoms with Crippen LogP contribution in [0.3, 0.4) is 0 Å². The molecule has 2 amide bonds. The summed E-state index contributed by atoms with van der Waals surface area (Å²) in [6.45, 7) is 7.34. The van der Waals surface area contributed by atoms with Crippen molar-refractivity contribution in [2.24, 2.45) is 11.5 Å². The van der Waals surface area contributed by atoms with Crippen molar-refractivity contribution in [1.29, 1.82) is 0 Å². The van der Waals surface area contributed by atoms with Gasteiger partial charge in [-0.25, -0.2) is 0 Å². The van der Waals surface area contributed by atoms with Crippen molar-refractivity contribution in [3.63, 3.8) is 0 Å². The van der Waals surface area contributed by atoms with E-state index in [9.17, 15) is 9.59 Å².